The molecule has 1 aliphatic rings. The molecule has 2 rings (SSSR count). The summed E-state index contributed by atoms with van der Waals surface area (Å²) in [6, 6.07) is -0.920. The van der Waals surface area contributed by atoms with Crippen molar-refractivity contribution >= 4 is 45.9 Å². The summed E-state index contributed by atoms with van der Waals surface area (Å²) in [5.74, 6) is -1.51. The molecule has 1 saturated heterocycles. The van der Waals surface area contributed by atoms with Crippen LogP contribution in [0.25, 0.3) is 0 Å². The molecule has 0 aliphatic carbocycles. The van der Waals surface area contributed by atoms with Gasteiger partial charge >= 0.3 is 12.0 Å². The standard InChI is InChI=1S/C6H7N3O4S2.C6H12N2O/c1-15(13)6-9-3(8-5(7)12)2(14-6)4(10)11;7-6(9)5-2-1-3-8-4-5/h1H3,(H,10,11)(H3,7,8,12);5,8H,1-4H2,(H2,7,9)/t;5-/m.0/s1. The molecule has 0 aromatic carbocycles. The second kappa shape index (κ2) is 9.30. The third kappa shape index (κ3) is 6.22. The van der Waals surface area contributed by atoms with Crippen LogP contribution in [0.3, 0.4) is 0 Å². The Morgan fingerprint density at radius 2 is 2.08 bits per heavy atom. The van der Waals surface area contributed by atoms with E-state index in [4.69, 9.17) is 16.6 Å². The van der Waals surface area contributed by atoms with Gasteiger partial charge < -0.3 is 21.9 Å². The SMILES string of the molecule is CS(=O)c1nc(NC(N)=O)c(C(=O)O)s1.NC(=O)[C@H]1CCCNC1. The Morgan fingerprint density at radius 1 is 1.42 bits per heavy atom. The van der Waals surface area contributed by atoms with Crippen LogP contribution >= 0.6 is 11.3 Å². The highest BCUT2D eigenvalue weighted by Crippen LogP contribution is 2.24. The number of anilines is 1. The van der Waals surface area contributed by atoms with Crippen molar-refractivity contribution in [3.05, 3.63) is 4.88 Å². The van der Waals surface area contributed by atoms with E-state index in [9.17, 15) is 18.6 Å². The molecule has 134 valence electrons. The zero-order chi connectivity index (χ0) is 18.3. The Morgan fingerprint density at radius 3 is 2.46 bits per heavy atom. The molecule has 24 heavy (non-hydrogen) atoms. The number of nitrogens with two attached hydrogens (primary N) is 2. The number of carboxylic acid groups (broad SMARTS) is 1. The summed E-state index contributed by atoms with van der Waals surface area (Å²) in [5.41, 5.74) is 9.91. The van der Waals surface area contributed by atoms with Crippen molar-refractivity contribution in [1.29, 1.82) is 0 Å². The number of aromatic carboxylic acids is 1. The van der Waals surface area contributed by atoms with Crippen molar-refractivity contribution in [3.63, 3.8) is 0 Å². The fraction of sp³-hybridized carbons (Fsp3) is 0.500. The zero-order valence-electron chi connectivity index (χ0n) is 12.9. The fourth-order valence-electron chi connectivity index (χ4n) is 1.86. The van der Waals surface area contributed by atoms with Crippen LogP contribution in [0.15, 0.2) is 4.34 Å². The molecule has 1 fully saturated rings. The number of primary amides is 2. The predicted molar refractivity (Wildman–Crippen MR) is 89.4 cm³/mol. The van der Waals surface area contributed by atoms with Crippen LogP contribution in [-0.2, 0) is 15.6 Å². The number of piperidine rings is 1. The molecule has 12 heteroatoms. The van der Waals surface area contributed by atoms with Gasteiger partial charge in [0.05, 0.1) is 16.7 Å². The monoisotopic (exact) mass is 377 g/mol. The van der Waals surface area contributed by atoms with E-state index in [2.05, 4.69) is 15.6 Å². The summed E-state index contributed by atoms with van der Waals surface area (Å²) in [6.45, 7) is 1.80. The molecule has 10 nitrogen and oxygen atoms in total. The quantitative estimate of drug-likeness (QED) is 0.471. The van der Waals surface area contributed by atoms with E-state index in [1.54, 1.807) is 0 Å². The van der Waals surface area contributed by atoms with E-state index in [0.29, 0.717) is 0 Å². The molecule has 0 saturated carbocycles. The van der Waals surface area contributed by atoms with Crippen LogP contribution in [0.2, 0.25) is 0 Å². The molecule has 0 radical (unpaired) electrons. The summed E-state index contributed by atoms with van der Waals surface area (Å²) < 4.78 is 11.2. The second-order valence-corrected chi connectivity index (χ2v) is 7.40. The van der Waals surface area contributed by atoms with Crippen molar-refractivity contribution in [2.45, 2.75) is 17.2 Å². The van der Waals surface area contributed by atoms with E-state index < -0.39 is 22.8 Å². The van der Waals surface area contributed by atoms with Crippen LogP contribution in [-0.4, -0.2) is 51.6 Å². The number of thiazole rings is 1. The minimum atomic E-state index is -1.40. The minimum absolute atomic E-state index is 0.0822. The van der Waals surface area contributed by atoms with Crippen LogP contribution in [0, 0.1) is 5.92 Å². The highest BCUT2D eigenvalue weighted by Gasteiger charge is 2.20. The Hall–Kier alpha value is -2.05. The van der Waals surface area contributed by atoms with E-state index >= 15 is 0 Å². The molecule has 1 aromatic heterocycles. The molecule has 3 amide bonds. The van der Waals surface area contributed by atoms with Gasteiger partial charge in [-0.05, 0) is 19.4 Å². The fourth-order valence-corrected chi connectivity index (χ4v) is 3.40. The number of hydrogen-bond acceptors (Lipinski definition) is 7. The lowest BCUT2D eigenvalue weighted by Crippen LogP contribution is -2.37. The Labute approximate surface area is 144 Å². The molecule has 2 heterocycles. The lowest BCUT2D eigenvalue weighted by Gasteiger charge is -2.18. The number of aromatic nitrogens is 1. The number of hydrogen-bond donors (Lipinski definition) is 5. The Bertz CT molecular complexity index is 642. The lowest BCUT2D eigenvalue weighted by atomic mass is 9.99. The van der Waals surface area contributed by atoms with Gasteiger partial charge in [-0.2, -0.15) is 0 Å². The number of carbonyl (C=O) groups excluding carboxylic acids is 2. The van der Waals surface area contributed by atoms with Crippen molar-refractivity contribution < 1.29 is 23.7 Å². The second-order valence-electron chi connectivity index (χ2n) is 4.85. The molecule has 2 atom stereocenters. The molecule has 1 unspecified atom stereocenters. The average molecular weight is 377 g/mol. The summed E-state index contributed by atoms with van der Waals surface area (Å²) in [4.78, 5) is 35.3. The largest absolute Gasteiger partial charge is 0.477 e. The minimum Gasteiger partial charge on any atom is -0.477 e. The maximum atomic E-state index is 11.0. The number of carboxylic acids is 1. The van der Waals surface area contributed by atoms with E-state index in [-0.39, 0.29) is 26.9 Å². The van der Waals surface area contributed by atoms with Gasteiger partial charge in [-0.15, -0.1) is 0 Å². The highest BCUT2D eigenvalue weighted by molar-refractivity contribution is 7.86. The summed E-state index contributed by atoms with van der Waals surface area (Å²) in [6.07, 6.45) is 3.40. The Kier molecular flexibility index (Phi) is 7.74. The third-order valence-corrected chi connectivity index (χ3v) is 5.36. The molecule has 1 aromatic rings. The van der Waals surface area contributed by atoms with Crippen LogP contribution < -0.4 is 22.1 Å². The summed E-state index contributed by atoms with van der Waals surface area (Å²) >= 11 is 0.737. The molecule has 1 aliphatic heterocycles. The molecular weight excluding hydrogens is 358 g/mol. The smallest absolute Gasteiger partial charge is 0.349 e. The molecule has 0 spiro atoms. The van der Waals surface area contributed by atoms with Crippen LogP contribution in [0.4, 0.5) is 10.6 Å². The topological polar surface area (TPSA) is 178 Å². The summed E-state index contributed by atoms with van der Waals surface area (Å²) in [7, 11) is -1.40. The van der Waals surface area contributed by atoms with Crippen molar-refractivity contribution in [2.75, 3.05) is 24.7 Å². The van der Waals surface area contributed by atoms with Crippen LogP contribution in [0.5, 0.6) is 0 Å². The predicted octanol–water partition coefficient (Wildman–Crippen LogP) is -0.459. The first-order valence-electron chi connectivity index (χ1n) is 6.86. The number of urea groups is 1. The normalized spacial score (nSPS) is 18.0. The number of amides is 3. The number of nitrogens with zero attached hydrogens (tertiary/aromatic N) is 1. The zero-order valence-corrected chi connectivity index (χ0v) is 14.5. The molecule has 7 N–H and O–H groups in total. The number of nitrogens with one attached hydrogen (secondary N) is 2. The van der Waals surface area contributed by atoms with Crippen LogP contribution in [0.1, 0.15) is 22.5 Å². The van der Waals surface area contributed by atoms with Gasteiger partial charge in [0.25, 0.3) is 0 Å². The van der Waals surface area contributed by atoms with Crippen molar-refractivity contribution in [3.8, 4) is 0 Å². The highest BCUT2D eigenvalue weighted by atomic mass is 32.2. The van der Waals surface area contributed by atoms with E-state index in [1.807, 2.05) is 0 Å². The van der Waals surface area contributed by atoms with Gasteiger partial charge in [-0.25, -0.2) is 14.6 Å². The maximum Gasteiger partial charge on any atom is 0.349 e. The van der Waals surface area contributed by atoms with Gasteiger partial charge in [0.2, 0.25) is 5.91 Å². The van der Waals surface area contributed by atoms with Crippen molar-refractivity contribution in [1.82, 2.24) is 10.3 Å². The summed E-state index contributed by atoms with van der Waals surface area (Å²) in [5, 5.41) is 13.9. The van der Waals surface area contributed by atoms with Gasteiger partial charge in [0, 0.05) is 12.8 Å². The van der Waals surface area contributed by atoms with E-state index in [1.165, 1.54) is 6.26 Å². The first-order valence-corrected chi connectivity index (χ1v) is 9.23. The third-order valence-electron chi connectivity index (χ3n) is 2.99. The first-order chi connectivity index (χ1) is 11.2. The Balaban J connectivity index is 0.000000272. The lowest BCUT2D eigenvalue weighted by molar-refractivity contribution is -0.122. The molecule has 0 bridgehead atoms. The van der Waals surface area contributed by atoms with E-state index in [0.717, 1.165) is 37.3 Å². The maximum absolute atomic E-state index is 11.0. The van der Waals surface area contributed by atoms with Gasteiger partial charge in [-0.3, -0.25) is 14.3 Å². The number of rotatable bonds is 4. The van der Waals surface area contributed by atoms with Gasteiger partial charge in [0.15, 0.2) is 15.0 Å². The van der Waals surface area contributed by atoms with Gasteiger partial charge in [-0.1, -0.05) is 11.3 Å². The first kappa shape index (κ1) is 20.0. The van der Waals surface area contributed by atoms with Gasteiger partial charge in [0.1, 0.15) is 0 Å². The van der Waals surface area contributed by atoms with Crippen molar-refractivity contribution in [2.24, 2.45) is 17.4 Å². The number of carbonyl (C=O) groups is 3. The average Bonchev–Trinajstić information content (AvgIpc) is 2.92. The molecular formula is C12H19N5O5S2.